The summed E-state index contributed by atoms with van der Waals surface area (Å²) in [7, 11) is 5.00. The van der Waals surface area contributed by atoms with Gasteiger partial charge in [0.15, 0.2) is 11.4 Å². The van der Waals surface area contributed by atoms with Gasteiger partial charge in [0.1, 0.15) is 12.5 Å². The minimum Gasteiger partial charge on any atom is -0.550 e. The molecule has 0 fully saturated rings. The second-order valence-corrected chi connectivity index (χ2v) is 5.26. The first-order valence-corrected chi connectivity index (χ1v) is 5.39. The molecule has 0 aliphatic carbocycles. The van der Waals surface area contributed by atoms with Gasteiger partial charge in [-0.05, 0) is 6.92 Å². The molecule has 0 heterocycles. The SMILES string of the molecule is CC(C(O)(CC(=O)[O-])C(=O)CC(=O)O)[N+](C)(C)C. The van der Waals surface area contributed by atoms with Crippen LogP contribution in [0.25, 0.3) is 0 Å². The van der Waals surface area contributed by atoms with Crippen molar-refractivity contribution in [3.63, 3.8) is 0 Å². The van der Waals surface area contributed by atoms with Crippen molar-refractivity contribution in [2.24, 2.45) is 0 Å². The Morgan fingerprint density at radius 1 is 1.28 bits per heavy atom. The quantitative estimate of drug-likeness (QED) is 0.404. The number of hydrogen-bond donors (Lipinski definition) is 2. The van der Waals surface area contributed by atoms with Gasteiger partial charge in [0.05, 0.1) is 21.1 Å². The molecule has 104 valence electrons. The molecule has 0 spiro atoms. The first-order chi connectivity index (χ1) is 7.91. The molecule has 0 aliphatic heterocycles. The number of carbonyl (C=O) groups excluding carboxylic acids is 2. The predicted octanol–water partition coefficient (Wildman–Crippen LogP) is -2.00. The molecule has 18 heavy (non-hydrogen) atoms. The number of carbonyl (C=O) groups is 3. The van der Waals surface area contributed by atoms with E-state index in [-0.39, 0.29) is 4.48 Å². The van der Waals surface area contributed by atoms with E-state index in [9.17, 15) is 24.6 Å². The average Bonchev–Trinajstić information content (AvgIpc) is 2.12. The van der Waals surface area contributed by atoms with Crippen molar-refractivity contribution in [2.45, 2.75) is 31.4 Å². The summed E-state index contributed by atoms with van der Waals surface area (Å²) in [5.41, 5.74) is -2.25. The van der Waals surface area contributed by atoms with E-state index < -0.39 is 42.2 Å². The molecule has 0 saturated heterocycles. The molecule has 0 amide bonds. The van der Waals surface area contributed by atoms with Gasteiger partial charge < -0.3 is 24.6 Å². The van der Waals surface area contributed by atoms with Gasteiger partial charge in [-0.15, -0.1) is 0 Å². The molecule has 0 bridgehead atoms. The van der Waals surface area contributed by atoms with Crippen molar-refractivity contribution in [3.05, 3.63) is 0 Å². The standard InChI is InChI=1S/C11H19NO6/c1-7(12(2,3)4)11(18,6-10(16)17)8(13)5-9(14)15/h7,18H,5-6H2,1-4H3,(H-,14,15,16,17). The molecule has 2 N–H and O–H groups in total. The van der Waals surface area contributed by atoms with E-state index in [0.29, 0.717) is 0 Å². The van der Waals surface area contributed by atoms with E-state index in [0.717, 1.165) is 0 Å². The van der Waals surface area contributed by atoms with Crippen LogP contribution in [0.2, 0.25) is 0 Å². The molecule has 0 rings (SSSR count). The molecule has 7 nitrogen and oxygen atoms in total. The average molecular weight is 261 g/mol. The number of aliphatic carboxylic acids is 2. The van der Waals surface area contributed by atoms with E-state index in [1.165, 1.54) is 6.92 Å². The second-order valence-electron chi connectivity index (χ2n) is 5.26. The number of rotatable bonds is 7. The first-order valence-electron chi connectivity index (χ1n) is 5.39. The monoisotopic (exact) mass is 261 g/mol. The topological polar surface area (TPSA) is 115 Å². The zero-order chi connectivity index (χ0) is 14.7. The van der Waals surface area contributed by atoms with Crippen LogP contribution in [-0.4, -0.2) is 65.2 Å². The summed E-state index contributed by atoms with van der Waals surface area (Å²) in [6.45, 7) is 1.49. The van der Waals surface area contributed by atoms with E-state index in [2.05, 4.69) is 0 Å². The van der Waals surface area contributed by atoms with Crippen LogP contribution in [0.15, 0.2) is 0 Å². The van der Waals surface area contributed by atoms with Crippen molar-refractivity contribution in [3.8, 4) is 0 Å². The van der Waals surface area contributed by atoms with E-state index in [1.807, 2.05) is 0 Å². The maximum atomic E-state index is 11.8. The fourth-order valence-corrected chi connectivity index (χ4v) is 1.63. The van der Waals surface area contributed by atoms with Crippen LogP contribution >= 0.6 is 0 Å². The van der Waals surface area contributed by atoms with Crippen LogP contribution in [0.4, 0.5) is 0 Å². The summed E-state index contributed by atoms with van der Waals surface area (Å²) in [5, 5.41) is 29.5. The Morgan fingerprint density at radius 3 is 2.00 bits per heavy atom. The minimum atomic E-state index is -2.25. The van der Waals surface area contributed by atoms with E-state index in [4.69, 9.17) is 5.11 Å². The van der Waals surface area contributed by atoms with Crippen molar-refractivity contribution in [2.75, 3.05) is 21.1 Å². The van der Waals surface area contributed by atoms with Gasteiger partial charge in [-0.2, -0.15) is 0 Å². The summed E-state index contributed by atoms with van der Waals surface area (Å²) in [6, 6.07) is -0.790. The highest BCUT2D eigenvalue weighted by Crippen LogP contribution is 2.24. The maximum Gasteiger partial charge on any atom is 0.310 e. The Kier molecular flexibility index (Phi) is 5.00. The molecule has 0 aromatic heterocycles. The molecule has 7 heteroatoms. The van der Waals surface area contributed by atoms with Crippen LogP contribution < -0.4 is 5.11 Å². The number of carboxylic acid groups (broad SMARTS) is 2. The fourth-order valence-electron chi connectivity index (χ4n) is 1.63. The van der Waals surface area contributed by atoms with Gasteiger partial charge in [0.25, 0.3) is 0 Å². The minimum absolute atomic E-state index is 0.106. The van der Waals surface area contributed by atoms with Crippen LogP contribution in [0.3, 0.4) is 0 Å². The lowest BCUT2D eigenvalue weighted by Crippen LogP contribution is -2.62. The summed E-state index contributed by atoms with van der Waals surface area (Å²) < 4.78 is 0.106. The third-order valence-electron chi connectivity index (χ3n) is 3.06. The van der Waals surface area contributed by atoms with Crippen LogP contribution in [0.5, 0.6) is 0 Å². The van der Waals surface area contributed by atoms with Crippen LogP contribution in [-0.2, 0) is 14.4 Å². The van der Waals surface area contributed by atoms with Gasteiger partial charge in [-0.3, -0.25) is 9.59 Å². The maximum absolute atomic E-state index is 11.8. The van der Waals surface area contributed by atoms with E-state index in [1.54, 1.807) is 21.1 Å². The van der Waals surface area contributed by atoms with Gasteiger partial charge in [0.2, 0.25) is 0 Å². The Balaban J connectivity index is 5.36. The van der Waals surface area contributed by atoms with Crippen LogP contribution in [0.1, 0.15) is 19.8 Å². The third kappa shape index (κ3) is 4.08. The highest BCUT2D eigenvalue weighted by Gasteiger charge is 2.48. The number of nitrogens with zero attached hydrogens (tertiary/aromatic N) is 1. The fraction of sp³-hybridized carbons (Fsp3) is 0.727. The van der Waals surface area contributed by atoms with Crippen molar-refractivity contribution >= 4 is 17.7 Å². The summed E-state index contributed by atoms with van der Waals surface area (Å²) >= 11 is 0. The summed E-state index contributed by atoms with van der Waals surface area (Å²) in [5.74, 6) is -4.04. The third-order valence-corrected chi connectivity index (χ3v) is 3.06. The Hall–Kier alpha value is -1.47. The number of Topliss-reactive ketones (excluding diaryl/α,β-unsaturated/α-hetero) is 1. The number of hydrogen-bond acceptors (Lipinski definition) is 5. The predicted molar refractivity (Wildman–Crippen MR) is 59.3 cm³/mol. The Labute approximate surface area is 105 Å². The smallest absolute Gasteiger partial charge is 0.310 e. The number of ketones is 1. The number of carboxylic acids is 2. The van der Waals surface area contributed by atoms with Crippen molar-refractivity contribution in [1.29, 1.82) is 0 Å². The lowest BCUT2D eigenvalue weighted by molar-refractivity contribution is -0.900. The van der Waals surface area contributed by atoms with Gasteiger partial charge in [0, 0.05) is 12.4 Å². The van der Waals surface area contributed by atoms with Gasteiger partial charge in [-0.1, -0.05) is 0 Å². The number of likely N-dealkylation sites (N-methyl/N-ethyl adjacent to an activating group) is 1. The zero-order valence-corrected chi connectivity index (χ0v) is 11.0. The van der Waals surface area contributed by atoms with Crippen molar-refractivity contribution < 1.29 is 34.2 Å². The molecule has 0 aliphatic rings. The van der Waals surface area contributed by atoms with E-state index >= 15 is 0 Å². The largest absolute Gasteiger partial charge is 0.550 e. The first kappa shape index (κ1) is 16.5. The molecule has 0 saturated carbocycles. The Morgan fingerprint density at radius 2 is 1.72 bits per heavy atom. The summed E-state index contributed by atoms with van der Waals surface area (Å²) in [6.07, 6.45) is -1.84. The Bertz CT molecular complexity index is 359. The number of aliphatic hydroxyl groups is 1. The molecule has 0 aromatic carbocycles. The lowest BCUT2D eigenvalue weighted by Gasteiger charge is -2.41. The number of quaternary nitrogens is 1. The van der Waals surface area contributed by atoms with Gasteiger partial charge >= 0.3 is 5.97 Å². The molecule has 0 aromatic rings. The summed E-state index contributed by atoms with van der Waals surface area (Å²) in [4.78, 5) is 32.9. The molecule has 2 atom stereocenters. The van der Waals surface area contributed by atoms with Crippen molar-refractivity contribution in [1.82, 2.24) is 0 Å². The van der Waals surface area contributed by atoms with Crippen LogP contribution in [0, 0.1) is 0 Å². The molecular formula is C11H19NO6. The molecule has 2 unspecified atom stereocenters. The highest BCUT2D eigenvalue weighted by molar-refractivity contribution is 6.01. The molecular weight excluding hydrogens is 242 g/mol. The second kappa shape index (κ2) is 5.45. The van der Waals surface area contributed by atoms with Gasteiger partial charge in [-0.25, -0.2) is 0 Å². The molecule has 0 radical (unpaired) electrons. The zero-order valence-electron chi connectivity index (χ0n) is 11.0. The normalized spacial score (nSPS) is 16.7. The highest BCUT2D eigenvalue weighted by atomic mass is 16.4. The lowest BCUT2D eigenvalue weighted by atomic mass is 9.84.